The summed E-state index contributed by atoms with van der Waals surface area (Å²) in [5, 5.41) is 14.3. The summed E-state index contributed by atoms with van der Waals surface area (Å²) >= 11 is 0. The Morgan fingerprint density at radius 2 is 2.18 bits per heavy atom. The van der Waals surface area contributed by atoms with Gasteiger partial charge in [-0.1, -0.05) is 0 Å². The standard InChI is InChI=1S/C12H18N2O3/c1-2-3-4-7-13-12(17)14-10-6-5-9(8-10)11(15)16/h9-10H,4-8H2,1H3,(H,15,16)(H2,13,14,17)/t9-,10+/m1/s1. The van der Waals surface area contributed by atoms with Gasteiger partial charge in [0.1, 0.15) is 0 Å². The average Bonchev–Trinajstić information content (AvgIpc) is 2.73. The second kappa shape index (κ2) is 6.79. The first kappa shape index (κ1) is 13.4. The van der Waals surface area contributed by atoms with Gasteiger partial charge in [-0.25, -0.2) is 4.79 Å². The number of carbonyl (C=O) groups is 2. The monoisotopic (exact) mass is 238 g/mol. The number of carboxylic acids is 1. The second-order valence-electron chi connectivity index (χ2n) is 4.12. The Balaban J connectivity index is 2.18. The predicted octanol–water partition coefficient (Wildman–Crippen LogP) is 0.952. The molecule has 1 aliphatic rings. The molecule has 0 unspecified atom stereocenters. The smallest absolute Gasteiger partial charge is 0.315 e. The minimum Gasteiger partial charge on any atom is -0.481 e. The largest absolute Gasteiger partial charge is 0.481 e. The number of rotatable bonds is 4. The van der Waals surface area contributed by atoms with Gasteiger partial charge in [-0.3, -0.25) is 4.79 Å². The van der Waals surface area contributed by atoms with Gasteiger partial charge in [-0.2, -0.15) is 0 Å². The molecule has 0 saturated heterocycles. The molecule has 1 aliphatic carbocycles. The lowest BCUT2D eigenvalue weighted by Gasteiger charge is -2.12. The number of hydrogen-bond donors (Lipinski definition) is 3. The maximum absolute atomic E-state index is 11.4. The maximum atomic E-state index is 11.4. The highest BCUT2D eigenvalue weighted by molar-refractivity contribution is 5.75. The van der Waals surface area contributed by atoms with Crippen molar-refractivity contribution in [2.45, 2.75) is 38.6 Å². The Kier molecular flexibility index (Phi) is 5.34. The van der Waals surface area contributed by atoms with Gasteiger partial charge in [-0.15, -0.1) is 11.8 Å². The molecule has 0 aromatic carbocycles. The molecule has 94 valence electrons. The summed E-state index contributed by atoms with van der Waals surface area (Å²) in [5.74, 6) is 4.51. The molecule has 2 amide bonds. The van der Waals surface area contributed by atoms with E-state index in [1.165, 1.54) is 0 Å². The van der Waals surface area contributed by atoms with Gasteiger partial charge in [-0.05, 0) is 26.2 Å². The van der Waals surface area contributed by atoms with E-state index in [1.807, 2.05) is 0 Å². The van der Waals surface area contributed by atoms with Crippen LogP contribution < -0.4 is 10.6 Å². The third-order valence-electron chi connectivity index (χ3n) is 2.83. The minimum atomic E-state index is -0.770. The SMILES string of the molecule is CC#CCCNC(=O)N[C@H]1CC[C@@H](C(=O)O)C1. The molecule has 5 nitrogen and oxygen atoms in total. The average molecular weight is 238 g/mol. The summed E-state index contributed by atoms with van der Waals surface area (Å²) in [6.45, 7) is 2.27. The predicted molar refractivity (Wildman–Crippen MR) is 63.4 cm³/mol. The Bertz CT molecular complexity index is 343. The van der Waals surface area contributed by atoms with Gasteiger partial charge in [0.2, 0.25) is 0 Å². The molecule has 2 atom stereocenters. The van der Waals surface area contributed by atoms with Crippen LogP contribution in [0.5, 0.6) is 0 Å². The number of nitrogens with one attached hydrogen (secondary N) is 2. The highest BCUT2D eigenvalue weighted by Gasteiger charge is 2.30. The molecule has 0 bridgehead atoms. The minimum absolute atomic E-state index is 0.0200. The molecule has 1 fully saturated rings. The summed E-state index contributed by atoms with van der Waals surface area (Å²) in [5.41, 5.74) is 0. The summed E-state index contributed by atoms with van der Waals surface area (Å²) < 4.78 is 0. The lowest BCUT2D eigenvalue weighted by molar-refractivity contribution is -0.141. The van der Waals surface area contributed by atoms with Crippen LogP contribution >= 0.6 is 0 Å². The molecule has 3 N–H and O–H groups in total. The Labute approximate surface area is 101 Å². The van der Waals surface area contributed by atoms with Gasteiger partial charge in [0, 0.05) is 19.0 Å². The zero-order chi connectivity index (χ0) is 12.7. The van der Waals surface area contributed by atoms with E-state index in [1.54, 1.807) is 6.92 Å². The Morgan fingerprint density at radius 3 is 2.76 bits per heavy atom. The van der Waals surface area contributed by atoms with Gasteiger partial charge in [0.05, 0.1) is 5.92 Å². The lowest BCUT2D eigenvalue weighted by atomic mass is 10.1. The maximum Gasteiger partial charge on any atom is 0.315 e. The second-order valence-corrected chi connectivity index (χ2v) is 4.12. The third-order valence-corrected chi connectivity index (χ3v) is 2.83. The van der Waals surface area contributed by atoms with Crippen molar-refractivity contribution in [3.8, 4) is 11.8 Å². The van der Waals surface area contributed by atoms with Gasteiger partial charge in [0.15, 0.2) is 0 Å². The number of urea groups is 1. The zero-order valence-corrected chi connectivity index (χ0v) is 9.95. The fourth-order valence-corrected chi connectivity index (χ4v) is 1.94. The Hall–Kier alpha value is -1.70. The van der Waals surface area contributed by atoms with E-state index in [4.69, 9.17) is 5.11 Å². The van der Waals surface area contributed by atoms with E-state index < -0.39 is 5.97 Å². The summed E-state index contributed by atoms with van der Waals surface area (Å²) in [6, 6.07) is -0.257. The molecule has 0 heterocycles. The van der Waals surface area contributed by atoms with E-state index in [-0.39, 0.29) is 18.0 Å². The first-order valence-corrected chi connectivity index (χ1v) is 5.80. The van der Waals surface area contributed by atoms with Crippen molar-refractivity contribution in [2.75, 3.05) is 6.54 Å². The quantitative estimate of drug-likeness (QED) is 0.504. The number of aliphatic carboxylic acids is 1. The van der Waals surface area contributed by atoms with Crippen molar-refractivity contribution < 1.29 is 14.7 Å². The molecule has 17 heavy (non-hydrogen) atoms. The summed E-state index contributed by atoms with van der Waals surface area (Å²) in [6.07, 6.45) is 2.53. The summed E-state index contributed by atoms with van der Waals surface area (Å²) in [7, 11) is 0. The Morgan fingerprint density at radius 1 is 1.41 bits per heavy atom. The van der Waals surface area contributed by atoms with E-state index in [0.717, 1.165) is 6.42 Å². The molecule has 0 aromatic heterocycles. The van der Waals surface area contributed by atoms with Gasteiger partial charge < -0.3 is 15.7 Å². The summed E-state index contributed by atoms with van der Waals surface area (Å²) in [4.78, 5) is 22.2. The van der Waals surface area contributed by atoms with Crippen LogP contribution in [-0.4, -0.2) is 29.7 Å². The number of carbonyl (C=O) groups excluding carboxylic acids is 1. The van der Waals surface area contributed by atoms with Gasteiger partial charge >= 0.3 is 12.0 Å². The van der Waals surface area contributed by atoms with Crippen LogP contribution in [0.15, 0.2) is 0 Å². The van der Waals surface area contributed by atoms with E-state index in [9.17, 15) is 9.59 Å². The first-order valence-electron chi connectivity index (χ1n) is 5.80. The van der Waals surface area contributed by atoms with Crippen molar-refractivity contribution in [2.24, 2.45) is 5.92 Å². The third kappa shape index (κ3) is 4.77. The number of amides is 2. The van der Waals surface area contributed by atoms with Gasteiger partial charge in [0.25, 0.3) is 0 Å². The highest BCUT2D eigenvalue weighted by atomic mass is 16.4. The molecule has 1 saturated carbocycles. The van der Waals surface area contributed by atoms with Crippen LogP contribution in [0.2, 0.25) is 0 Å². The van der Waals surface area contributed by atoms with Crippen LogP contribution in [-0.2, 0) is 4.79 Å². The molecule has 5 heteroatoms. The molecular formula is C12H18N2O3. The van der Waals surface area contributed by atoms with Crippen molar-refractivity contribution in [1.29, 1.82) is 0 Å². The van der Waals surface area contributed by atoms with E-state index in [0.29, 0.717) is 25.8 Å². The van der Waals surface area contributed by atoms with E-state index in [2.05, 4.69) is 22.5 Å². The van der Waals surface area contributed by atoms with Crippen LogP contribution in [0.3, 0.4) is 0 Å². The van der Waals surface area contributed by atoms with Crippen LogP contribution in [0, 0.1) is 17.8 Å². The topological polar surface area (TPSA) is 78.4 Å². The van der Waals surface area contributed by atoms with Crippen molar-refractivity contribution in [1.82, 2.24) is 10.6 Å². The van der Waals surface area contributed by atoms with E-state index >= 15 is 0 Å². The molecular weight excluding hydrogens is 220 g/mol. The molecule has 1 rings (SSSR count). The first-order chi connectivity index (χ1) is 8.13. The fourth-order valence-electron chi connectivity index (χ4n) is 1.94. The fraction of sp³-hybridized carbons (Fsp3) is 0.667. The van der Waals surface area contributed by atoms with Crippen molar-refractivity contribution in [3.05, 3.63) is 0 Å². The van der Waals surface area contributed by atoms with Crippen LogP contribution in [0.25, 0.3) is 0 Å². The molecule has 0 aliphatic heterocycles. The normalized spacial score (nSPS) is 22.4. The van der Waals surface area contributed by atoms with Crippen molar-refractivity contribution in [3.63, 3.8) is 0 Å². The molecule has 0 aromatic rings. The van der Waals surface area contributed by atoms with Crippen molar-refractivity contribution >= 4 is 12.0 Å². The number of hydrogen-bond acceptors (Lipinski definition) is 2. The van der Waals surface area contributed by atoms with Crippen LogP contribution in [0.1, 0.15) is 32.6 Å². The number of carboxylic acid groups (broad SMARTS) is 1. The highest BCUT2D eigenvalue weighted by Crippen LogP contribution is 2.25. The lowest BCUT2D eigenvalue weighted by Crippen LogP contribution is -2.41. The zero-order valence-electron chi connectivity index (χ0n) is 9.95. The van der Waals surface area contributed by atoms with Crippen LogP contribution in [0.4, 0.5) is 4.79 Å². The molecule has 0 spiro atoms. The molecule has 0 radical (unpaired) electrons.